The second-order valence-electron chi connectivity index (χ2n) is 3.55. The van der Waals surface area contributed by atoms with Crippen LogP contribution < -0.4 is 5.32 Å². The zero-order chi connectivity index (χ0) is 9.84. The van der Waals surface area contributed by atoms with Crippen molar-refractivity contribution in [2.75, 3.05) is 0 Å². The molecule has 4 heteroatoms. The Morgan fingerprint density at radius 3 is 2.69 bits per heavy atom. The van der Waals surface area contributed by atoms with E-state index in [1.54, 1.807) is 0 Å². The molecule has 0 radical (unpaired) electrons. The first-order valence-electron chi connectivity index (χ1n) is 4.78. The van der Waals surface area contributed by atoms with E-state index in [0.717, 1.165) is 19.3 Å². The van der Waals surface area contributed by atoms with Gasteiger partial charge in [-0.05, 0) is 19.8 Å². The van der Waals surface area contributed by atoms with Crippen LogP contribution in [0.5, 0.6) is 0 Å². The van der Waals surface area contributed by atoms with Crippen molar-refractivity contribution in [3.63, 3.8) is 0 Å². The molecule has 0 spiro atoms. The van der Waals surface area contributed by atoms with Gasteiger partial charge in [0.1, 0.15) is 0 Å². The third-order valence-electron chi connectivity index (χ3n) is 2.32. The topological polar surface area (TPSA) is 61.9 Å². The van der Waals surface area contributed by atoms with E-state index in [-0.39, 0.29) is 12.1 Å². The molecule has 2 unspecified atom stereocenters. The minimum Gasteiger partial charge on any atom is -0.465 e. The summed E-state index contributed by atoms with van der Waals surface area (Å²) in [6, 6.07) is 0.0532. The Labute approximate surface area is 78.3 Å². The smallest absolute Gasteiger partial charge is 0.404 e. The predicted molar refractivity (Wildman–Crippen MR) is 48.8 cm³/mol. The van der Waals surface area contributed by atoms with Crippen LogP contribution >= 0.6 is 0 Å². The summed E-state index contributed by atoms with van der Waals surface area (Å²) in [5, 5.41) is 11.1. The highest BCUT2D eigenvalue weighted by atomic mass is 16.6. The molecule has 1 saturated heterocycles. The summed E-state index contributed by atoms with van der Waals surface area (Å²) in [5.41, 5.74) is 0. The van der Waals surface area contributed by atoms with Crippen molar-refractivity contribution in [1.82, 2.24) is 5.32 Å². The van der Waals surface area contributed by atoms with E-state index in [0.29, 0.717) is 6.10 Å². The summed E-state index contributed by atoms with van der Waals surface area (Å²) in [5.74, 6) is 0. The zero-order valence-electron chi connectivity index (χ0n) is 8.12. The molecule has 76 valence electrons. The van der Waals surface area contributed by atoms with Gasteiger partial charge in [-0.2, -0.15) is 0 Å². The Hall–Kier alpha value is -0.770. The van der Waals surface area contributed by atoms with Crippen LogP contribution in [0, 0.1) is 0 Å². The van der Waals surface area contributed by atoms with Gasteiger partial charge in [0.25, 0.3) is 0 Å². The second kappa shape index (κ2) is 4.46. The van der Waals surface area contributed by atoms with Crippen LogP contribution in [-0.4, -0.2) is 29.4 Å². The summed E-state index contributed by atoms with van der Waals surface area (Å²) in [7, 11) is 0. The van der Waals surface area contributed by atoms with Crippen molar-refractivity contribution in [3.05, 3.63) is 0 Å². The molecule has 0 aromatic rings. The highest BCUT2D eigenvalue weighted by Gasteiger charge is 2.36. The molecular formula is C9H17NO3. The van der Waals surface area contributed by atoms with Gasteiger partial charge < -0.3 is 15.2 Å². The van der Waals surface area contributed by atoms with Crippen molar-refractivity contribution < 1.29 is 14.6 Å². The van der Waals surface area contributed by atoms with Crippen LogP contribution in [0.1, 0.15) is 33.1 Å². The monoisotopic (exact) mass is 187 g/mol. The lowest BCUT2D eigenvalue weighted by Crippen LogP contribution is -2.34. The maximum Gasteiger partial charge on any atom is 0.404 e. The van der Waals surface area contributed by atoms with Crippen LogP contribution in [0.3, 0.4) is 0 Å². The number of rotatable bonds is 5. The molecule has 0 aromatic heterocycles. The number of hydrogen-bond acceptors (Lipinski definition) is 2. The van der Waals surface area contributed by atoms with Gasteiger partial charge in [-0.3, -0.25) is 0 Å². The first kappa shape index (κ1) is 10.3. The van der Waals surface area contributed by atoms with E-state index in [2.05, 4.69) is 5.32 Å². The van der Waals surface area contributed by atoms with Crippen molar-refractivity contribution in [2.45, 2.75) is 51.4 Å². The van der Waals surface area contributed by atoms with E-state index in [9.17, 15) is 4.79 Å². The Kier molecular flexibility index (Phi) is 3.54. The van der Waals surface area contributed by atoms with E-state index < -0.39 is 6.09 Å². The van der Waals surface area contributed by atoms with Crippen molar-refractivity contribution in [3.8, 4) is 0 Å². The Balaban J connectivity index is 2.24. The lowest BCUT2D eigenvalue weighted by molar-refractivity contribution is 0.187. The van der Waals surface area contributed by atoms with Crippen LogP contribution in [-0.2, 0) is 4.74 Å². The van der Waals surface area contributed by atoms with Gasteiger partial charge in [-0.1, -0.05) is 13.3 Å². The number of epoxide rings is 1. The summed E-state index contributed by atoms with van der Waals surface area (Å²) in [4.78, 5) is 10.4. The molecule has 1 amide bonds. The molecular weight excluding hydrogens is 170 g/mol. The number of ether oxygens (including phenoxy) is 1. The molecule has 0 aliphatic carbocycles. The van der Waals surface area contributed by atoms with Gasteiger partial charge in [0, 0.05) is 6.04 Å². The molecule has 0 saturated carbocycles. The second-order valence-corrected chi connectivity index (χ2v) is 3.55. The lowest BCUT2D eigenvalue weighted by atomic mass is 10.1. The Bertz CT molecular complexity index is 184. The average Bonchev–Trinajstić information content (AvgIpc) is 2.65. The maximum atomic E-state index is 10.4. The minimum absolute atomic E-state index is 0.0532. The lowest BCUT2D eigenvalue weighted by Gasteiger charge is -2.14. The molecule has 2 N–H and O–H groups in total. The van der Waals surface area contributed by atoms with Crippen molar-refractivity contribution >= 4 is 6.09 Å². The molecule has 1 heterocycles. The fourth-order valence-corrected chi connectivity index (χ4v) is 1.53. The fourth-order valence-electron chi connectivity index (χ4n) is 1.53. The highest BCUT2D eigenvalue weighted by Crippen LogP contribution is 2.26. The quantitative estimate of drug-likeness (QED) is 0.642. The van der Waals surface area contributed by atoms with Crippen LogP contribution in [0.15, 0.2) is 0 Å². The molecule has 4 nitrogen and oxygen atoms in total. The summed E-state index contributed by atoms with van der Waals surface area (Å²) >= 11 is 0. The summed E-state index contributed by atoms with van der Waals surface area (Å²) in [6.07, 6.45) is 2.33. The summed E-state index contributed by atoms with van der Waals surface area (Å²) < 4.78 is 5.24. The first-order chi connectivity index (χ1) is 6.13. The SMILES string of the molecule is CCCC(C[C@@H]1OC1C)NC(=O)O. The van der Waals surface area contributed by atoms with Gasteiger partial charge in [-0.15, -0.1) is 0 Å². The highest BCUT2D eigenvalue weighted by molar-refractivity contribution is 5.64. The molecule has 1 aliphatic heterocycles. The van der Waals surface area contributed by atoms with E-state index in [1.165, 1.54) is 0 Å². The number of nitrogens with one attached hydrogen (secondary N) is 1. The van der Waals surface area contributed by atoms with Crippen LogP contribution in [0.25, 0.3) is 0 Å². The van der Waals surface area contributed by atoms with Gasteiger partial charge in [0.2, 0.25) is 0 Å². The van der Waals surface area contributed by atoms with E-state index in [4.69, 9.17) is 9.84 Å². The standard InChI is InChI=1S/C9H17NO3/c1-3-4-7(10-9(11)12)5-8-6(2)13-8/h6-8,10H,3-5H2,1-2H3,(H,11,12)/t6?,7?,8-/m0/s1. The Morgan fingerprint density at radius 1 is 1.69 bits per heavy atom. The predicted octanol–water partition coefficient (Wildman–Crippen LogP) is 1.60. The van der Waals surface area contributed by atoms with Crippen LogP contribution in [0.2, 0.25) is 0 Å². The molecule has 1 fully saturated rings. The normalized spacial score (nSPS) is 28.2. The van der Waals surface area contributed by atoms with Gasteiger partial charge in [0.15, 0.2) is 0 Å². The molecule has 1 rings (SSSR count). The molecule has 0 aromatic carbocycles. The molecule has 3 atom stereocenters. The van der Waals surface area contributed by atoms with Crippen molar-refractivity contribution in [2.24, 2.45) is 0 Å². The third kappa shape index (κ3) is 3.63. The molecule has 13 heavy (non-hydrogen) atoms. The fraction of sp³-hybridized carbons (Fsp3) is 0.889. The third-order valence-corrected chi connectivity index (χ3v) is 2.32. The summed E-state index contributed by atoms with van der Waals surface area (Å²) in [6.45, 7) is 4.06. The maximum absolute atomic E-state index is 10.4. The largest absolute Gasteiger partial charge is 0.465 e. The first-order valence-corrected chi connectivity index (χ1v) is 4.78. The number of hydrogen-bond donors (Lipinski definition) is 2. The average molecular weight is 187 g/mol. The van der Waals surface area contributed by atoms with E-state index in [1.807, 2.05) is 13.8 Å². The van der Waals surface area contributed by atoms with Crippen LogP contribution in [0.4, 0.5) is 4.79 Å². The Morgan fingerprint density at radius 2 is 2.31 bits per heavy atom. The van der Waals surface area contributed by atoms with Gasteiger partial charge in [0.05, 0.1) is 12.2 Å². The van der Waals surface area contributed by atoms with E-state index >= 15 is 0 Å². The number of amides is 1. The zero-order valence-corrected chi connectivity index (χ0v) is 8.12. The van der Waals surface area contributed by atoms with Gasteiger partial charge >= 0.3 is 6.09 Å². The van der Waals surface area contributed by atoms with Gasteiger partial charge in [-0.25, -0.2) is 4.79 Å². The number of carbonyl (C=O) groups is 1. The molecule has 1 aliphatic rings. The minimum atomic E-state index is -0.938. The number of carboxylic acid groups (broad SMARTS) is 1. The molecule has 0 bridgehead atoms. The van der Waals surface area contributed by atoms with Crippen molar-refractivity contribution in [1.29, 1.82) is 0 Å².